The number of amides is 2. The number of hydrogen-bond acceptors (Lipinski definition) is 5. The molecule has 43 heavy (non-hydrogen) atoms. The first-order chi connectivity index (χ1) is 20.2. The van der Waals surface area contributed by atoms with Gasteiger partial charge in [-0.3, -0.25) is 4.79 Å². The van der Waals surface area contributed by atoms with Gasteiger partial charge in [0.05, 0.1) is 6.20 Å². The summed E-state index contributed by atoms with van der Waals surface area (Å²) in [7, 11) is 0. The highest BCUT2D eigenvalue weighted by molar-refractivity contribution is 5.94. The monoisotopic (exact) mass is 602 g/mol. The molecule has 6 rings (SSSR count). The number of likely N-dealkylation sites (tertiary alicyclic amines) is 2. The average molecular weight is 603 g/mol. The Balaban J connectivity index is 1.22. The summed E-state index contributed by atoms with van der Waals surface area (Å²) < 4.78 is 62.6. The van der Waals surface area contributed by atoms with Gasteiger partial charge >= 0.3 is 12.5 Å². The van der Waals surface area contributed by atoms with Crippen LogP contribution in [0.1, 0.15) is 79.6 Å². The molecule has 3 aromatic rings. The number of halogens is 4. The van der Waals surface area contributed by atoms with Crippen molar-refractivity contribution in [2.24, 2.45) is 0 Å². The number of fused-ring (bicyclic) bond motifs is 4. The van der Waals surface area contributed by atoms with Gasteiger partial charge in [-0.15, -0.1) is 13.2 Å². The second-order valence-corrected chi connectivity index (χ2v) is 12.8. The van der Waals surface area contributed by atoms with Crippen LogP contribution in [0.4, 0.5) is 22.4 Å². The molecule has 2 aliphatic heterocycles. The number of carbonyl (C=O) groups excluding carboxylic acids is 2. The Morgan fingerprint density at radius 2 is 1.72 bits per heavy atom. The van der Waals surface area contributed by atoms with E-state index in [0.717, 1.165) is 48.0 Å². The molecule has 1 N–H and O–H groups in total. The van der Waals surface area contributed by atoms with Crippen LogP contribution in [0.3, 0.4) is 0 Å². The normalized spacial score (nSPS) is 21.1. The van der Waals surface area contributed by atoms with Gasteiger partial charge in [0, 0.05) is 53.8 Å². The van der Waals surface area contributed by atoms with Crippen LogP contribution >= 0.6 is 0 Å². The number of alkyl halides is 3. The smallest absolute Gasteiger partial charge is 0.444 e. The third-order valence-corrected chi connectivity index (χ3v) is 8.81. The Morgan fingerprint density at radius 1 is 1.02 bits per heavy atom. The van der Waals surface area contributed by atoms with Crippen molar-refractivity contribution in [3.8, 4) is 5.75 Å². The maximum atomic E-state index is 15.7. The fraction of sp³-hybridized carbons (Fsp3) is 0.516. The van der Waals surface area contributed by atoms with Gasteiger partial charge in [0.15, 0.2) is 0 Å². The number of ether oxygens (including phenoxy) is 2. The standard InChI is InChI=1S/C31H34F4N4O4/c1-29(2,3)43-28(41)39-15-12-30(17-39)11-8-22-25(30)24-23(21(32)16-36-26(24)37-22)18-9-13-38(14-10-18)27(40)19-4-6-20(7-5-19)42-31(33,34)35/h4-7,16,18H,8-15,17H2,1-3H3,(H,36,37). The van der Waals surface area contributed by atoms with Crippen molar-refractivity contribution >= 4 is 23.0 Å². The van der Waals surface area contributed by atoms with E-state index in [2.05, 4.69) is 14.7 Å². The lowest BCUT2D eigenvalue weighted by atomic mass is 9.78. The molecule has 2 fully saturated rings. The Labute approximate surface area is 246 Å². The fourth-order valence-corrected chi connectivity index (χ4v) is 6.98. The van der Waals surface area contributed by atoms with E-state index in [1.165, 1.54) is 18.3 Å². The van der Waals surface area contributed by atoms with E-state index < -0.39 is 17.7 Å². The maximum absolute atomic E-state index is 15.7. The number of hydrogen-bond donors (Lipinski definition) is 1. The van der Waals surface area contributed by atoms with E-state index in [4.69, 9.17) is 4.74 Å². The first kappa shape index (κ1) is 29.3. The van der Waals surface area contributed by atoms with Crippen molar-refractivity contribution in [2.45, 2.75) is 76.2 Å². The highest BCUT2D eigenvalue weighted by Crippen LogP contribution is 2.51. The van der Waals surface area contributed by atoms with Gasteiger partial charge in [-0.05, 0) is 88.6 Å². The summed E-state index contributed by atoms with van der Waals surface area (Å²) in [6.45, 7) is 7.32. The molecule has 0 radical (unpaired) electrons. The molecule has 1 spiro atoms. The average Bonchev–Trinajstić information content (AvgIpc) is 3.62. The van der Waals surface area contributed by atoms with Crippen LogP contribution < -0.4 is 4.74 Å². The molecular weight excluding hydrogens is 568 g/mol. The third-order valence-electron chi connectivity index (χ3n) is 8.81. The van der Waals surface area contributed by atoms with Crippen molar-refractivity contribution in [3.05, 3.63) is 58.7 Å². The summed E-state index contributed by atoms with van der Waals surface area (Å²) in [6.07, 6.45) is -0.478. The number of aromatic nitrogens is 2. The zero-order valence-electron chi connectivity index (χ0n) is 24.3. The quantitative estimate of drug-likeness (QED) is 0.349. The molecular formula is C31H34F4N4O4. The summed E-state index contributed by atoms with van der Waals surface area (Å²) >= 11 is 0. The highest BCUT2D eigenvalue weighted by Gasteiger charge is 2.49. The summed E-state index contributed by atoms with van der Waals surface area (Å²) in [5.41, 5.74) is 2.66. The Morgan fingerprint density at radius 3 is 2.37 bits per heavy atom. The van der Waals surface area contributed by atoms with Crippen LogP contribution in [0.2, 0.25) is 0 Å². The van der Waals surface area contributed by atoms with Gasteiger partial charge in [0.1, 0.15) is 22.8 Å². The zero-order chi connectivity index (χ0) is 30.7. The molecule has 1 aliphatic carbocycles. The van der Waals surface area contributed by atoms with Gasteiger partial charge in [-0.25, -0.2) is 14.2 Å². The Hall–Kier alpha value is -3.83. The number of benzene rings is 1. The molecule has 4 heterocycles. The number of rotatable bonds is 3. The van der Waals surface area contributed by atoms with Crippen LogP contribution in [-0.4, -0.2) is 69.9 Å². The van der Waals surface area contributed by atoms with Gasteiger partial charge < -0.3 is 24.3 Å². The van der Waals surface area contributed by atoms with E-state index in [9.17, 15) is 22.8 Å². The molecule has 3 aliphatic rings. The Bertz CT molecular complexity index is 1550. The van der Waals surface area contributed by atoms with Crippen LogP contribution in [0.5, 0.6) is 5.75 Å². The minimum absolute atomic E-state index is 0.155. The summed E-state index contributed by atoms with van der Waals surface area (Å²) in [5.74, 6) is -1.23. The van der Waals surface area contributed by atoms with Crippen LogP contribution in [-0.2, 0) is 16.6 Å². The van der Waals surface area contributed by atoms with Gasteiger partial charge in [0.25, 0.3) is 5.91 Å². The summed E-state index contributed by atoms with van der Waals surface area (Å²) in [6, 6.07) is 4.86. The minimum atomic E-state index is -4.81. The van der Waals surface area contributed by atoms with Crippen molar-refractivity contribution < 1.29 is 36.6 Å². The predicted molar refractivity (Wildman–Crippen MR) is 149 cm³/mol. The fourth-order valence-electron chi connectivity index (χ4n) is 6.98. The lowest BCUT2D eigenvalue weighted by Crippen LogP contribution is -2.38. The Kier molecular flexibility index (Phi) is 7.08. The highest BCUT2D eigenvalue weighted by atomic mass is 19.4. The van der Waals surface area contributed by atoms with Gasteiger partial charge in [-0.2, -0.15) is 0 Å². The number of piperidine rings is 1. The zero-order valence-corrected chi connectivity index (χ0v) is 24.3. The number of pyridine rings is 1. The van der Waals surface area contributed by atoms with Gasteiger partial charge in [-0.1, -0.05) is 0 Å². The van der Waals surface area contributed by atoms with E-state index in [-0.39, 0.29) is 34.7 Å². The number of aryl methyl sites for hydroxylation is 1. The molecule has 2 saturated heterocycles. The summed E-state index contributed by atoms with van der Waals surface area (Å²) in [5, 5.41) is 0.795. The predicted octanol–water partition coefficient (Wildman–Crippen LogP) is 6.45. The molecule has 0 bridgehead atoms. The molecule has 230 valence electrons. The SMILES string of the molecule is CC(C)(C)OC(=O)N1CCC2(CCc3[nH]c4ncc(F)c(C5CCN(C(=O)c6ccc(OC(F)(F)F)cc6)CC5)c4c32)C1. The van der Waals surface area contributed by atoms with E-state index in [1.807, 2.05) is 20.8 Å². The van der Waals surface area contributed by atoms with E-state index >= 15 is 4.39 Å². The largest absolute Gasteiger partial charge is 0.573 e. The second kappa shape index (κ2) is 10.4. The first-order valence-electron chi connectivity index (χ1n) is 14.6. The number of nitrogens with zero attached hydrogens (tertiary/aromatic N) is 3. The lowest BCUT2D eigenvalue weighted by molar-refractivity contribution is -0.274. The first-order valence-corrected chi connectivity index (χ1v) is 14.6. The molecule has 1 aromatic carbocycles. The van der Waals surface area contributed by atoms with E-state index in [1.54, 1.807) is 9.80 Å². The molecule has 8 nitrogen and oxygen atoms in total. The van der Waals surface area contributed by atoms with Crippen molar-refractivity contribution in [1.29, 1.82) is 0 Å². The number of nitrogens with one attached hydrogen (secondary N) is 1. The molecule has 0 saturated carbocycles. The molecule has 2 aromatic heterocycles. The second-order valence-electron chi connectivity index (χ2n) is 12.8. The maximum Gasteiger partial charge on any atom is 0.573 e. The van der Waals surface area contributed by atoms with Crippen LogP contribution in [0.25, 0.3) is 11.0 Å². The molecule has 1 atom stereocenters. The lowest BCUT2D eigenvalue weighted by Gasteiger charge is -2.33. The van der Waals surface area contributed by atoms with E-state index in [0.29, 0.717) is 50.2 Å². The molecule has 2 amide bonds. The van der Waals surface area contributed by atoms with Crippen molar-refractivity contribution in [3.63, 3.8) is 0 Å². The molecule has 1 unspecified atom stereocenters. The van der Waals surface area contributed by atoms with Crippen molar-refractivity contribution in [1.82, 2.24) is 19.8 Å². The van der Waals surface area contributed by atoms with Crippen LogP contribution in [0.15, 0.2) is 30.5 Å². The van der Waals surface area contributed by atoms with Crippen molar-refractivity contribution in [2.75, 3.05) is 26.2 Å². The third kappa shape index (κ3) is 5.63. The number of H-pyrrole nitrogens is 1. The van der Waals surface area contributed by atoms with Crippen LogP contribution in [0, 0.1) is 5.82 Å². The number of carbonyl (C=O) groups is 2. The molecule has 12 heteroatoms. The van der Waals surface area contributed by atoms with Gasteiger partial charge in [0.2, 0.25) is 0 Å². The summed E-state index contributed by atoms with van der Waals surface area (Å²) in [4.78, 5) is 37.2. The number of aromatic amines is 1. The minimum Gasteiger partial charge on any atom is -0.444 e. The topological polar surface area (TPSA) is 87.8 Å².